The third kappa shape index (κ3) is 4.62. The number of piperidine rings is 1. The Labute approximate surface area is 99.8 Å². The van der Waals surface area contributed by atoms with Crippen molar-refractivity contribution in [3.63, 3.8) is 0 Å². The first-order valence-electron chi connectivity index (χ1n) is 6.26. The molecule has 94 valence electrons. The average molecular weight is 226 g/mol. The highest BCUT2D eigenvalue weighted by molar-refractivity contribution is 5.58. The lowest BCUT2D eigenvalue weighted by molar-refractivity contribution is -0.115. The lowest BCUT2D eigenvalue weighted by Gasteiger charge is -2.36. The number of aldehydes is 1. The number of rotatable bonds is 5. The van der Waals surface area contributed by atoms with Gasteiger partial charge in [-0.25, -0.2) is 0 Å². The molecular formula is C13H26N2O. The molecule has 0 N–H and O–H groups in total. The van der Waals surface area contributed by atoms with Gasteiger partial charge in [0.05, 0.1) is 0 Å². The maximum atomic E-state index is 10.9. The predicted molar refractivity (Wildman–Crippen MR) is 67.6 cm³/mol. The van der Waals surface area contributed by atoms with Crippen molar-refractivity contribution in [2.75, 3.05) is 40.3 Å². The van der Waals surface area contributed by atoms with Crippen LogP contribution in [-0.2, 0) is 4.79 Å². The van der Waals surface area contributed by atoms with Gasteiger partial charge in [-0.05, 0) is 45.9 Å². The summed E-state index contributed by atoms with van der Waals surface area (Å²) >= 11 is 0. The fourth-order valence-corrected chi connectivity index (χ4v) is 2.46. The number of carbonyl (C=O) groups is 1. The van der Waals surface area contributed by atoms with E-state index in [-0.39, 0.29) is 5.41 Å². The third-order valence-corrected chi connectivity index (χ3v) is 3.28. The summed E-state index contributed by atoms with van der Waals surface area (Å²) < 4.78 is 0. The average Bonchev–Trinajstić information content (AvgIpc) is 2.20. The van der Waals surface area contributed by atoms with Gasteiger partial charge in [-0.1, -0.05) is 13.8 Å². The molecule has 0 radical (unpaired) electrons. The Morgan fingerprint density at radius 3 is 2.31 bits per heavy atom. The SMILES string of the molecule is CN(C)CC1CCN(CC(C)(C)C=O)CC1. The van der Waals surface area contributed by atoms with Gasteiger partial charge in [0, 0.05) is 18.5 Å². The molecule has 0 unspecified atom stereocenters. The fraction of sp³-hybridized carbons (Fsp3) is 0.923. The van der Waals surface area contributed by atoms with E-state index < -0.39 is 0 Å². The minimum atomic E-state index is -0.186. The Morgan fingerprint density at radius 1 is 1.31 bits per heavy atom. The fourth-order valence-electron chi connectivity index (χ4n) is 2.46. The molecule has 0 saturated carbocycles. The van der Waals surface area contributed by atoms with E-state index in [2.05, 4.69) is 23.9 Å². The minimum Gasteiger partial charge on any atom is -0.309 e. The van der Waals surface area contributed by atoms with Crippen molar-refractivity contribution in [2.24, 2.45) is 11.3 Å². The first kappa shape index (κ1) is 13.7. The van der Waals surface area contributed by atoms with Gasteiger partial charge in [-0.15, -0.1) is 0 Å². The second kappa shape index (κ2) is 5.78. The van der Waals surface area contributed by atoms with Gasteiger partial charge >= 0.3 is 0 Å². The smallest absolute Gasteiger partial charge is 0.126 e. The zero-order valence-electron chi connectivity index (χ0n) is 11.2. The molecule has 1 aliphatic heterocycles. The van der Waals surface area contributed by atoms with Crippen LogP contribution in [0.25, 0.3) is 0 Å². The summed E-state index contributed by atoms with van der Waals surface area (Å²) in [4.78, 5) is 15.6. The van der Waals surface area contributed by atoms with Gasteiger partial charge in [0.15, 0.2) is 0 Å². The first-order chi connectivity index (χ1) is 7.43. The van der Waals surface area contributed by atoms with Gasteiger partial charge in [-0.2, -0.15) is 0 Å². The molecule has 0 atom stereocenters. The summed E-state index contributed by atoms with van der Waals surface area (Å²) in [6.45, 7) is 8.44. The van der Waals surface area contributed by atoms with Crippen LogP contribution in [0.4, 0.5) is 0 Å². The van der Waals surface area contributed by atoms with Crippen LogP contribution < -0.4 is 0 Å². The molecule has 3 nitrogen and oxygen atoms in total. The van der Waals surface area contributed by atoms with E-state index in [4.69, 9.17) is 0 Å². The van der Waals surface area contributed by atoms with Crippen LogP contribution in [0.1, 0.15) is 26.7 Å². The Balaban J connectivity index is 2.29. The number of hydrogen-bond acceptors (Lipinski definition) is 3. The minimum absolute atomic E-state index is 0.186. The van der Waals surface area contributed by atoms with E-state index in [1.165, 1.54) is 19.4 Å². The number of hydrogen-bond donors (Lipinski definition) is 0. The van der Waals surface area contributed by atoms with Crippen LogP contribution in [0.3, 0.4) is 0 Å². The summed E-state index contributed by atoms with van der Waals surface area (Å²) in [6, 6.07) is 0. The van der Waals surface area contributed by atoms with Gasteiger partial charge < -0.3 is 14.6 Å². The molecule has 0 aliphatic carbocycles. The van der Waals surface area contributed by atoms with Crippen LogP contribution in [0, 0.1) is 11.3 Å². The van der Waals surface area contributed by atoms with Crippen molar-refractivity contribution >= 4 is 6.29 Å². The van der Waals surface area contributed by atoms with Crippen LogP contribution in [-0.4, -0.2) is 56.4 Å². The molecule has 0 aromatic heterocycles. The van der Waals surface area contributed by atoms with Gasteiger partial charge in [0.2, 0.25) is 0 Å². The summed E-state index contributed by atoms with van der Waals surface area (Å²) in [7, 11) is 4.28. The van der Waals surface area contributed by atoms with E-state index in [1.807, 2.05) is 13.8 Å². The van der Waals surface area contributed by atoms with E-state index in [0.29, 0.717) is 0 Å². The lowest BCUT2D eigenvalue weighted by atomic mass is 9.91. The quantitative estimate of drug-likeness (QED) is 0.664. The van der Waals surface area contributed by atoms with Crippen molar-refractivity contribution in [2.45, 2.75) is 26.7 Å². The molecule has 1 saturated heterocycles. The monoisotopic (exact) mass is 226 g/mol. The summed E-state index contributed by atoms with van der Waals surface area (Å²) in [6.07, 6.45) is 3.62. The number of nitrogens with zero attached hydrogens (tertiary/aromatic N) is 2. The van der Waals surface area contributed by atoms with Crippen molar-refractivity contribution in [3.05, 3.63) is 0 Å². The van der Waals surface area contributed by atoms with Crippen molar-refractivity contribution < 1.29 is 4.79 Å². The molecule has 1 heterocycles. The third-order valence-electron chi connectivity index (χ3n) is 3.28. The second-order valence-electron chi connectivity index (χ2n) is 6.09. The maximum absolute atomic E-state index is 10.9. The zero-order chi connectivity index (χ0) is 12.2. The Hall–Kier alpha value is -0.410. The standard InChI is InChI=1S/C13H26N2O/c1-13(2,11-16)10-15-7-5-12(6-8-15)9-14(3)4/h11-12H,5-10H2,1-4H3. The van der Waals surface area contributed by atoms with E-state index in [1.54, 1.807) is 0 Å². The van der Waals surface area contributed by atoms with Crippen LogP contribution in [0.15, 0.2) is 0 Å². The molecule has 0 aromatic rings. The van der Waals surface area contributed by atoms with Crippen molar-refractivity contribution in [1.82, 2.24) is 9.80 Å². The molecule has 0 bridgehead atoms. The number of carbonyl (C=O) groups excluding carboxylic acids is 1. The summed E-state index contributed by atoms with van der Waals surface area (Å²) in [5.41, 5.74) is -0.186. The molecule has 1 rings (SSSR count). The van der Waals surface area contributed by atoms with E-state index in [9.17, 15) is 4.79 Å². The van der Waals surface area contributed by atoms with Gasteiger partial charge in [0.25, 0.3) is 0 Å². The molecular weight excluding hydrogens is 200 g/mol. The Morgan fingerprint density at radius 2 is 1.88 bits per heavy atom. The molecule has 1 fully saturated rings. The van der Waals surface area contributed by atoms with E-state index in [0.717, 1.165) is 31.8 Å². The normalized spacial score (nSPS) is 20.3. The zero-order valence-corrected chi connectivity index (χ0v) is 11.2. The molecule has 3 heteroatoms. The molecule has 0 amide bonds. The second-order valence-corrected chi connectivity index (χ2v) is 6.09. The van der Waals surface area contributed by atoms with Gasteiger partial charge in [0.1, 0.15) is 6.29 Å². The lowest BCUT2D eigenvalue weighted by Crippen LogP contribution is -2.42. The summed E-state index contributed by atoms with van der Waals surface area (Å²) in [5.74, 6) is 0.839. The largest absolute Gasteiger partial charge is 0.309 e. The van der Waals surface area contributed by atoms with Crippen molar-refractivity contribution in [3.8, 4) is 0 Å². The topological polar surface area (TPSA) is 23.6 Å². The highest BCUT2D eigenvalue weighted by Crippen LogP contribution is 2.21. The van der Waals surface area contributed by atoms with Gasteiger partial charge in [-0.3, -0.25) is 0 Å². The summed E-state index contributed by atoms with van der Waals surface area (Å²) in [5, 5.41) is 0. The maximum Gasteiger partial charge on any atom is 0.126 e. The van der Waals surface area contributed by atoms with Crippen LogP contribution in [0.2, 0.25) is 0 Å². The highest BCUT2D eigenvalue weighted by atomic mass is 16.1. The number of likely N-dealkylation sites (tertiary alicyclic amines) is 1. The highest BCUT2D eigenvalue weighted by Gasteiger charge is 2.25. The first-order valence-corrected chi connectivity index (χ1v) is 6.26. The molecule has 0 aromatic carbocycles. The van der Waals surface area contributed by atoms with Crippen LogP contribution >= 0.6 is 0 Å². The molecule has 16 heavy (non-hydrogen) atoms. The Bertz CT molecular complexity index is 218. The molecule has 1 aliphatic rings. The molecule has 0 spiro atoms. The van der Waals surface area contributed by atoms with E-state index >= 15 is 0 Å². The van der Waals surface area contributed by atoms with Crippen molar-refractivity contribution in [1.29, 1.82) is 0 Å². The Kier molecular flexibility index (Phi) is 4.93. The van der Waals surface area contributed by atoms with Crippen LogP contribution in [0.5, 0.6) is 0 Å². The predicted octanol–water partition coefficient (Wildman–Crippen LogP) is 1.49.